The van der Waals surface area contributed by atoms with E-state index in [2.05, 4.69) is 10.8 Å². The molecule has 0 aromatic heterocycles. The molecule has 0 saturated carbocycles. The molecule has 0 aliphatic rings. The van der Waals surface area contributed by atoms with Crippen LogP contribution < -0.4 is 0 Å². The molecule has 1 N–H and O–H groups in total. The molecule has 0 atom stereocenters. The summed E-state index contributed by atoms with van der Waals surface area (Å²) in [6.45, 7) is 2.88. The molecule has 0 unspecified atom stereocenters. The molecule has 7 heteroatoms. The monoisotopic (exact) mass is 200 g/mol. The Morgan fingerprint density at radius 3 is 1.89 bits per heavy atom. The van der Waals surface area contributed by atoms with Crippen molar-refractivity contribution < 1.29 is 17.2 Å². The van der Waals surface area contributed by atoms with Crippen LogP contribution in [0.4, 0.5) is 0 Å². The second kappa shape index (κ2) is 7.48. The van der Waals surface area contributed by atoms with E-state index >= 15 is 0 Å². The number of halogens is 1. The maximum absolute atomic E-state index is 9.49. The van der Waals surface area contributed by atoms with Gasteiger partial charge in [0.15, 0.2) is 0 Å². The van der Waals surface area contributed by atoms with Gasteiger partial charge in [0.2, 0.25) is 0 Å². The zero-order valence-corrected chi connectivity index (χ0v) is 5.41. The predicted molar refractivity (Wildman–Crippen MR) is 37.2 cm³/mol. The van der Waals surface area contributed by atoms with Crippen LogP contribution in [-0.4, -0.2) is 64.4 Å². The van der Waals surface area contributed by atoms with Crippen LogP contribution in [0.2, 0.25) is 0 Å². The van der Waals surface area contributed by atoms with E-state index in [1.165, 1.54) is 0 Å². The Morgan fingerprint density at radius 2 is 1.89 bits per heavy atom. The first-order valence-electron chi connectivity index (χ1n) is 1.33. The Bertz CT molecular complexity index is 152. The van der Waals surface area contributed by atoms with Crippen molar-refractivity contribution in [2.75, 3.05) is 0 Å². The average molecular weight is 201 g/mol. The van der Waals surface area contributed by atoms with E-state index in [9.17, 15) is 8.42 Å². The summed E-state index contributed by atoms with van der Waals surface area (Å²) < 4.78 is 30.2. The molecule has 0 heterocycles. The van der Waals surface area contributed by atoms with E-state index in [0.717, 1.165) is 0 Å². The molecule has 0 aromatic rings. The molecular weight excluding hydrogens is 195 g/mol. The summed E-state index contributed by atoms with van der Waals surface area (Å²) in [4.78, 5) is 0. The van der Waals surface area contributed by atoms with Gasteiger partial charge in [0.1, 0.15) is 6.26 Å². The summed E-state index contributed by atoms with van der Waals surface area (Å²) >= 11 is 0. The molecule has 4 nitrogen and oxygen atoms in total. The van der Waals surface area contributed by atoms with E-state index in [4.69, 9.17) is 4.55 Å². The zero-order chi connectivity index (χ0) is 5.91. The second-order valence-electron chi connectivity index (χ2n) is 0.691. The molecule has 0 aliphatic carbocycles. The van der Waals surface area contributed by atoms with Crippen molar-refractivity contribution in [1.82, 2.24) is 0 Å². The summed E-state index contributed by atoms with van der Waals surface area (Å²) in [5.41, 5.74) is 0. The first-order chi connectivity index (χ1) is 3.06. The molecule has 0 rings (SSSR count). The van der Waals surface area contributed by atoms with Gasteiger partial charge in [-0.1, -0.05) is 6.58 Å². The standard InChI is InChI=1S/C2H4O4S.ClH.K.H/c1-2-6-7(3,4)5;;;/h2H,1H2,(H,3,4,5);1H;;. The molecule has 0 aliphatic heterocycles. The summed E-state index contributed by atoms with van der Waals surface area (Å²) in [5, 5.41) is 0. The minimum absolute atomic E-state index is 0. The molecule has 0 bridgehead atoms. The van der Waals surface area contributed by atoms with E-state index in [1.807, 2.05) is 0 Å². The van der Waals surface area contributed by atoms with Crippen molar-refractivity contribution in [3.05, 3.63) is 12.8 Å². The van der Waals surface area contributed by atoms with Crippen LogP contribution >= 0.6 is 12.4 Å². The van der Waals surface area contributed by atoms with Crippen LogP contribution in [-0.2, 0) is 14.6 Å². The molecule has 0 aromatic carbocycles. The van der Waals surface area contributed by atoms with Crippen LogP contribution in [0.15, 0.2) is 12.8 Å². The SMILES string of the molecule is C=COS(=O)(=O)O.Cl.[KH]. The predicted octanol–water partition coefficient (Wildman–Crippen LogP) is -0.277. The molecule has 9 heavy (non-hydrogen) atoms. The third kappa shape index (κ3) is 17.6. The minimum atomic E-state index is -4.29. The van der Waals surface area contributed by atoms with Crippen molar-refractivity contribution in [1.29, 1.82) is 0 Å². The fourth-order valence-corrected chi connectivity index (χ4v) is 0.258. The van der Waals surface area contributed by atoms with Gasteiger partial charge in [-0.25, -0.2) is 0 Å². The van der Waals surface area contributed by atoms with Crippen molar-refractivity contribution in [2.24, 2.45) is 0 Å². The zero-order valence-electron chi connectivity index (χ0n) is 3.77. The van der Waals surface area contributed by atoms with Gasteiger partial charge in [-0.05, 0) is 0 Å². The van der Waals surface area contributed by atoms with Gasteiger partial charge in [-0.2, -0.15) is 8.42 Å². The molecule has 0 fully saturated rings. The van der Waals surface area contributed by atoms with Crippen LogP contribution in [0, 0.1) is 0 Å². The number of hydrogen-bond donors (Lipinski definition) is 1. The van der Waals surface area contributed by atoms with Gasteiger partial charge in [0, 0.05) is 0 Å². The van der Waals surface area contributed by atoms with Crippen molar-refractivity contribution >= 4 is 74.2 Å². The van der Waals surface area contributed by atoms with Crippen LogP contribution in [0.3, 0.4) is 0 Å². The van der Waals surface area contributed by atoms with Gasteiger partial charge in [0.05, 0.1) is 0 Å². The molecule has 0 radical (unpaired) electrons. The average Bonchev–Trinajstić information content (AvgIpc) is 1.30. The number of hydrogen-bond acceptors (Lipinski definition) is 3. The quantitative estimate of drug-likeness (QED) is 0.379. The van der Waals surface area contributed by atoms with Gasteiger partial charge >= 0.3 is 61.8 Å². The van der Waals surface area contributed by atoms with E-state index in [0.29, 0.717) is 6.26 Å². The summed E-state index contributed by atoms with van der Waals surface area (Å²) in [5.74, 6) is 0. The summed E-state index contributed by atoms with van der Waals surface area (Å²) in [6, 6.07) is 0. The van der Waals surface area contributed by atoms with Crippen LogP contribution in [0.25, 0.3) is 0 Å². The maximum atomic E-state index is 9.49. The molecular formula is C2H6ClKO4S. The van der Waals surface area contributed by atoms with Gasteiger partial charge in [0.25, 0.3) is 0 Å². The Balaban J connectivity index is -0.000000180. The fraction of sp³-hybridized carbons (Fsp3) is 0. The third-order valence-corrected chi connectivity index (χ3v) is 0.569. The number of rotatable bonds is 2. The summed E-state index contributed by atoms with van der Waals surface area (Å²) in [6.07, 6.45) is 0.620. The van der Waals surface area contributed by atoms with E-state index in [1.54, 1.807) is 0 Å². The second-order valence-corrected chi connectivity index (χ2v) is 1.74. The van der Waals surface area contributed by atoms with Gasteiger partial charge < -0.3 is 4.18 Å². The van der Waals surface area contributed by atoms with Crippen molar-refractivity contribution in [3.8, 4) is 0 Å². The topological polar surface area (TPSA) is 63.6 Å². The first-order valence-corrected chi connectivity index (χ1v) is 2.69. The van der Waals surface area contributed by atoms with E-state index in [-0.39, 0.29) is 63.8 Å². The first kappa shape index (κ1) is 16.8. The summed E-state index contributed by atoms with van der Waals surface area (Å²) in [7, 11) is -4.29. The molecule has 0 amide bonds. The van der Waals surface area contributed by atoms with Crippen LogP contribution in [0.5, 0.6) is 0 Å². The molecule has 0 saturated heterocycles. The van der Waals surface area contributed by atoms with Gasteiger partial charge in [-0.3, -0.25) is 4.55 Å². The van der Waals surface area contributed by atoms with Crippen molar-refractivity contribution in [3.63, 3.8) is 0 Å². The Morgan fingerprint density at radius 1 is 1.56 bits per heavy atom. The van der Waals surface area contributed by atoms with Gasteiger partial charge in [-0.15, -0.1) is 12.4 Å². The molecule has 52 valence electrons. The van der Waals surface area contributed by atoms with Crippen LogP contribution in [0.1, 0.15) is 0 Å². The molecule has 0 spiro atoms. The normalized spacial score (nSPS) is 8.11. The fourth-order valence-electron chi connectivity index (χ4n) is 0.0860. The van der Waals surface area contributed by atoms with E-state index < -0.39 is 10.4 Å². The Kier molecular flexibility index (Phi) is 13.9. The third-order valence-electron chi connectivity index (χ3n) is 0.190. The Hall–Kier alpha value is 1.38. The Labute approximate surface area is 102 Å². The van der Waals surface area contributed by atoms with Crippen molar-refractivity contribution in [2.45, 2.75) is 0 Å².